The zero-order chi connectivity index (χ0) is 27.4. The molecule has 7 nitrogen and oxygen atoms in total. The van der Waals surface area contributed by atoms with E-state index in [1.165, 1.54) is 12.1 Å². The molecule has 8 heteroatoms. The maximum absolute atomic E-state index is 14.3. The van der Waals surface area contributed by atoms with Crippen molar-refractivity contribution in [2.75, 3.05) is 12.4 Å². The fourth-order valence-corrected chi connectivity index (χ4v) is 6.21. The molecule has 1 saturated carbocycles. The van der Waals surface area contributed by atoms with Gasteiger partial charge in [-0.05, 0) is 73.4 Å². The number of fused-ring (bicyclic) bond motifs is 3. The lowest BCUT2D eigenvalue weighted by atomic mass is 9.80. The van der Waals surface area contributed by atoms with E-state index in [2.05, 4.69) is 19.2 Å². The van der Waals surface area contributed by atoms with Crippen molar-refractivity contribution in [2.24, 2.45) is 11.1 Å². The fraction of sp³-hybridized carbons (Fsp3) is 0.433. The summed E-state index contributed by atoms with van der Waals surface area (Å²) in [6.45, 7) is 5.72. The minimum atomic E-state index is -0.522. The van der Waals surface area contributed by atoms with Crippen molar-refractivity contribution in [3.8, 4) is 11.1 Å². The van der Waals surface area contributed by atoms with E-state index in [1.54, 1.807) is 28.5 Å². The van der Waals surface area contributed by atoms with E-state index in [0.29, 0.717) is 29.6 Å². The van der Waals surface area contributed by atoms with E-state index < -0.39 is 5.91 Å². The predicted octanol–water partition coefficient (Wildman–Crippen LogP) is 5.36. The Hall–Kier alpha value is -3.68. The largest absolute Gasteiger partial charge is 0.382 e. The van der Waals surface area contributed by atoms with Crippen LogP contribution in [0, 0.1) is 11.2 Å². The van der Waals surface area contributed by atoms with Crippen LogP contribution in [0.3, 0.4) is 0 Å². The Morgan fingerprint density at radius 2 is 1.79 bits per heavy atom. The average molecular weight is 519 g/mol. The third-order valence-electron chi connectivity index (χ3n) is 8.23. The summed E-state index contributed by atoms with van der Waals surface area (Å²) in [5.41, 5.74) is 9.71. The van der Waals surface area contributed by atoms with Crippen LogP contribution < -0.4 is 11.1 Å². The van der Waals surface area contributed by atoms with E-state index in [4.69, 9.17) is 5.73 Å². The van der Waals surface area contributed by atoms with Crippen LogP contribution in [-0.2, 0) is 11.2 Å². The number of benzene rings is 2. The Labute approximate surface area is 222 Å². The summed E-state index contributed by atoms with van der Waals surface area (Å²) >= 11 is 0. The molecule has 2 aliphatic rings. The van der Waals surface area contributed by atoms with E-state index in [-0.39, 0.29) is 35.1 Å². The van der Waals surface area contributed by atoms with Gasteiger partial charge in [0.15, 0.2) is 0 Å². The van der Waals surface area contributed by atoms with Gasteiger partial charge in [0, 0.05) is 54.8 Å². The van der Waals surface area contributed by atoms with Gasteiger partial charge in [0.05, 0.1) is 11.1 Å². The Kier molecular flexibility index (Phi) is 6.53. The van der Waals surface area contributed by atoms with Crippen LogP contribution in [0.2, 0.25) is 0 Å². The zero-order valence-electron chi connectivity index (χ0n) is 22.4. The SMILES string of the molecule is CC(=O)N(C)C1CCC(Nc2cc(-c3c4n(c5cc(F)ccc35)C(=O)CC(C)(C)C4)ccc2C(N)=O)CC1. The third-order valence-corrected chi connectivity index (χ3v) is 8.23. The molecule has 0 radical (unpaired) electrons. The molecule has 0 bridgehead atoms. The zero-order valence-corrected chi connectivity index (χ0v) is 22.4. The summed E-state index contributed by atoms with van der Waals surface area (Å²) < 4.78 is 15.9. The van der Waals surface area contributed by atoms with Gasteiger partial charge in [-0.25, -0.2) is 4.39 Å². The molecule has 200 valence electrons. The molecule has 0 atom stereocenters. The molecule has 2 amide bonds. The lowest BCUT2D eigenvalue weighted by Gasteiger charge is -2.35. The first-order valence-corrected chi connectivity index (χ1v) is 13.3. The minimum Gasteiger partial charge on any atom is -0.382 e. The van der Waals surface area contributed by atoms with Gasteiger partial charge in [-0.15, -0.1) is 0 Å². The van der Waals surface area contributed by atoms with Crippen LogP contribution in [-0.4, -0.2) is 46.3 Å². The molecule has 38 heavy (non-hydrogen) atoms. The number of nitrogens with zero attached hydrogens (tertiary/aromatic N) is 2. The summed E-state index contributed by atoms with van der Waals surface area (Å²) in [6.07, 6.45) is 4.51. The van der Waals surface area contributed by atoms with Crippen LogP contribution in [0.1, 0.15) is 73.7 Å². The summed E-state index contributed by atoms with van der Waals surface area (Å²) in [5.74, 6) is -0.891. The number of anilines is 1. The molecular weight excluding hydrogens is 483 g/mol. The van der Waals surface area contributed by atoms with Gasteiger partial charge >= 0.3 is 0 Å². The summed E-state index contributed by atoms with van der Waals surface area (Å²) in [6, 6.07) is 10.4. The quantitative estimate of drug-likeness (QED) is 0.475. The number of amides is 2. The van der Waals surface area contributed by atoms with Crippen LogP contribution in [0.15, 0.2) is 36.4 Å². The van der Waals surface area contributed by atoms with E-state index in [9.17, 15) is 18.8 Å². The normalized spacial score (nSPS) is 20.7. The molecule has 2 heterocycles. The number of nitrogens with one attached hydrogen (secondary N) is 1. The maximum Gasteiger partial charge on any atom is 0.250 e. The van der Waals surface area contributed by atoms with Crippen molar-refractivity contribution in [3.63, 3.8) is 0 Å². The molecule has 5 rings (SSSR count). The first-order valence-electron chi connectivity index (χ1n) is 13.3. The smallest absolute Gasteiger partial charge is 0.250 e. The van der Waals surface area contributed by atoms with E-state index >= 15 is 0 Å². The van der Waals surface area contributed by atoms with Crippen molar-refractivity contribution in [1.82, 2.24) is 9.47 Å². The predicted molar refractivity (Wildman–Crippen MR) is 147 cm³/mol. The minimum absolute atomic E-state index is 0.0440. The van der Waals surface area contributed by atoms with Gasteiger partial charge in [-0.3, -0.25) is 19.0 Å². The second-order valence-corrected chi connectivity index (χ2v) is 11.6. The molecule has 1 aliphatic carbocycles. The number of hydrogen-bond donors (Lipinski definition) is 2. The number of nitrogens with two attached hydrogens (primary N) is 1. The average Bonchev–Trinajstić information content (AvgIpc) is 3.15. The molecule has 0 unspecified atom stereocenters. The first-order chi connectivity index (χ1) is 17.9. The van der Waals surface area contributed by atoms with Crippen molar-refractivity contribution in [3.05, 3.63) is 53.5 Å². The molecule has 1 aromatic heterocycles. The molecular formula is C30H35FN4O3. The Morgan fingerprint density at radius 1 is 1.08 bits per heavy atom. The Bertz CT molecular complexity index is 1450. The molecule has 2 aromatic carbocycles. The highest BCUT2D eigenvalue weighted by Gasteiger charge is 2.35. The van der Waals surface area contributed by atoms with E-state index in [0.717, 1.165) is 47.9 Å². The van der Waals surface area contributed by atoms with Gasteiger partial charge in [0.1, 0.15) is 5.82 Å². The van der Waals surface area contributed by atoms with Gasteiger partial charge in [0.25, 0.3) is 5.91 Å². The second-order valence-electron chi connectivity index (χ2n) is 11.6. The molecule has 3 N–H and O–H groups in total. The number of primary amides is 1. The van der Waals surface area contributed by atoms with Crippen LogP contribution in [0.4, 0.5) is 10.1 Å². The highest BCUT2D eigenvalue weighted by atomic mass is 19.1. The molecule has 1 aliphatic heterocycles. The van der Waals surface area contributed by atoms with Gasteiger partial charge < -0.3 is 16.0 Å². The van der Waals surface area contributed by atoms with Crippen LogP contribution in [0.5, 0.6) is 0 Å². The highest BCUT2D eigenvalue weighted by molar-refractivity contribution is 6.06. The Balaban J connectivity index is 1.55. The maximum atomic E-state index is 14.3. The Morgan fingerprint density at radius 3 is 2.45 bits per heavy atom. The molecule has 3 aromatic rings. The topological polar surface area (TPSA) is 97.4 Å². The fourth-order valence-electron chi connectivity index (χ4n) is 6.21. The van der Waals surface area contributed by atoms with Crippen molar-refractivity contribution in [1.29, 1.82) is 0 Å². The number of carbonyl (C=O) groups excluding carboxylic acids is 3. The van der Waals surface area contributed by atoms with Gasteiger partial charge in [-0.1, -0.05) is 19.9 Å². The van der Waals surface area contributed by atoms with Gasteiger partial charge in [0.2, 0.25) is 11.8 Å². The summed E-state index contributed by atoms with van der Waals surface area (Å²) in [4.78, 5) is 39.1. The van der Waals surface area contributed by atoms with Crippen LogP contribution >= 0.6 is 0 Å². The van der Waals surface area contributed by atoms with Crippen molar-refractivity contribution >= 4 is 34.3 Å². The highest BCUT2D eigenvalue weighted by Crippen LogP contribution is 2.43. The number of hydrogen-bond acceptors (Lipinski definition) is 4. The van der Waals surface area contributed by atoms with Crippen LogP contribution in [0.25, 0.3) is 22.0 Å². The lowest BCUT2D eigenvalue weighted by molar-refractivity contribution is -0.130. The van der Waals surface area contributed by atoms with Crippen molar-refractivity contribution < 1.29 is 18.8 Å². The second kappa shape index (κ2) is 9.57. The summed E-state index contributed by atoms with van der Waals surface area (Å²) in [5, 5.41) is 4.35. The number of halogens is 1. The molecule has 0 saturated heterocycles. The first kappa shape index (κ1) is 25.9. The monoisotopic (exact) mass is 518 g/mol. The third kappa shape index (κ3) is 4.68. The molecule has 0 spiro atoms. The molecule has 1 fully saturated rings. The lowest BCUT2D eigenvalue weighted by Crippen LogP contribution is -2.40. The van der Waals surface area contributed by atoms with Gasteiger partial charge in [-0.2, -0.15) is 0 Å². The van der Waals surface area contributed by atoms with E-state index in [1.807, 2.05) is 19.2 Å². The van der Waals surface area contributed by atoms with Crippen molar-refractivity contribution in [2.45, 2.75) is 71.4 Å². The number of aromatic nitrogens is 1. The number of rotatable bonds is 5. The summed E-state index contributed by atoms with van der Waals surface area (Å²) in [7, 11) is 1.84. The standard InChI is InChI=1S/C30H35FN4O3/c1-17(36)34(4)21-9-7-20(8-10-21)33-24-13-18(5-11-22(24)29(32)38)28-23-12-6-19(31)14-25(23)35-26(28)15-30(2,3)16-27(35)37/h5-6,11-14,20-21,33H,7-10,15-16H2,1-4H3,(H2,32,38). The number of carbonyl (C=O) groups is 3.